The van der Waals surface area contributed by atoms with Gasteiger partial charge in [-0.05, 0) is 43.2 Å². The Morgan fingerprint density at radius 3 is 2.50 bits per heavy atom. The molecule has 146 valence electrons. The number of aromatic hydroxyl groups is 1. The molecule has 6 nitrogen and oxygen atoms in total. The third-order valence-corrected chi connectivity index (χ3v) is 4.51. The maximum atomic E-state index is 12.0. The van der Waals surface area contributed by atoms with E-state index >= 15 is 0 Å². The molecule has 0 amide bonds. The molecule has 3 rings (SSSR count). The number of hydrogen-bond acceptors (Lipinski definition) is 5. The van der Waals surface area contributed by atoms with E-state index in [0.29, 0.717) is 17.7 Å². The summed E-state index contributed by atoms with van der Waals surface area (Å²) in [4.78, 5) is 13.4. The highest BCUT2D eigenvalue weighted by Crippen LogP contribution is 2.25. The number of aromatic nitrogens is 3. The summed E-state index contributed by atoms with van der Waals surface area (Å²) < 4.78 is 5.60. The van der Waals surface area contributed by atoms with Crippen molar-refractivity contribution in [1.29, 1.82) is 0 Å². The van der Waals surface area contributed by atoms with Crippen LogP contribution in [0.15, 0.2) is 54.6 Å². The van der Waals surface area contributed by atoms with E-state index in [1.54, 1.807) is 13.0 Å². The Labute approximate surface area is 164 Å². The van der Waals surface area contributed by atoms with Gasteiger partial charge in [-0.15, -0.1) is 15.0 Å². The molecule has 0 spiro atoms. The van der Waals surface area contributed by atoms with Gasteiger partial charge >= 0.3 is 5.97 Å². The summed E-state index contributed by atoms with van der Waals surface area (Å²) >= 11 is 0. The van der Waals surface area contributed by atoms with Crippen LogP contribution in [0.3, 0.4) is 0 Å². The van der Waals surface area contributed by atoms with Crippen molar-refractivity contribution in [2.75, 3.05) is 0 Å². The highest BCUT2D eigenvalue weighted by Gasteiger charge is 2.17. The largest absolute Gasteiger partial charge is 0.506 e. The van der Waals surface area contributed by atoms with E-state index in [0.717, 1.165) is 35.9 Å². The lowest BCUT2D eigenvalue weighted by atomic mass is 10.0. The average molecular weight is 379 g/mol. The fraction of sp³-hybridized carbons (Fsp3) is 0.318. The predicted molar refractivity (Wildman–Crippen MR) is 108 cm³/mol. The number of carbonyl (C=O) groups excluding carboxylic acids is 1. The second-order valence-corrected chi connectivity index (χ2v) is 6.96. The van der Waals surface area contributed by atoms with Gasteiger partial charge in [0.25, 0.3) is 0 Å². The quantitative estimate of drug-likeness (QED) is 0.465. The van der Waals surface area contributed by atoms with Crippen molar-refractivity contribution in [3.8, 4) is 11.4 Å². The first-order chi connectivity index (χ1) is 13.5. The molecule has 1 N–H and O–H groups in total. The van der Waals surface area contributed by atoms with Crippen molar-refractivity contribution in [2.45, 2.75) is 45.6 Å². The molecule has 1 unspecified atom stereocenters. The zero-order chi connectivity index (χ0) is 20.1. The van der Waals surface area contributed by atoms with Gasteiger partial charge < -0.3 is 9.84 Å². The highest BCUT2D eigenvalue weighted by molar-refractivity contribution is 5.87. The molecule has 0 aliphatic heterocycles. The topological polar surface area (TPSA) is 77.2 Å². The molecule has 1 heterocycles. The van der Waals surface area contributed by atoms with Gasteiger partial charge in [-0.2, -0.15) is 0 Å². The molecule has 6 heteroatoms. The lowest BCUT2D eigenvalue weighted by Crippen LogP contribution is -2.21. The minimum absolute atomic E-state index is 0.0908. The maximum absolute atomic E-state index is 12.0. The molecule has 0 bridgehead atoms. The molecule has 0 saturated carbocycles. The Balaban J connectivity index is 1.86. The van der Waals surface area contributed by atoms with Gasteiger partial charge in [0.05, 0.1) is 0 Å². The fourth-order valence-corrected chi connectivity index (χ4v) is 2.97. The van der Waals surface area contributed by atoms with Crippen molar-refractivity contribution < 1.29 is 14.6 Å². The Kier molecular flexibility index (Phi) is 6.09. The summed E-state index contributed by atoms with van der Waals surface area (Å²) in [6.07, 6.45) is 3.06. The lowest BCUT2D eigenvalue weighted by Gasteiger charge is -2.18. The number of ether oxygens (including phenoxy) is 1. The van der Waals surface area contributed by atoms with Crippen LogP contribution < -0.4 is 0 Å². The van der Waals surface area contributed by atoms with E-state index in [9.17, 15) is 9.90 Å². The first-order valence-corrected chi connectivity index (χ1v) is 9.48. The molecule has 0 aliphatic rings. The van der Waals surface area contributed by atoms with Crippen LogP contribution in [0.25, 0.3) is 16.7 Å². The third-order valence-electron chi connectivity index (χ3n) is 4.51. The summed E-state index contributed by atoms with van der Waals surface area (Å²) in [6, 6.07) is 12.8. The van der Waals surface area contributed by atoms with E-state index in [1.807, 2.05) is 36.4 Å². The summed E-state index contributed by atoms with van der Waals surface area (Å²) in [5.41, 5.74) is 3.33. The first-order valence-electron chi connectivity index (χ1n) is 9.48. The maximum Gasteiger partial charge on any atom is 0.333 e. The van der Waals surface area contributed by atoms with Gasteiger partial charge in [0.1, 0.15) is 28.6 Å². The van der Waals surface area contributed by atoms with Crippen molar-refractivity contribution in [2.24, 2.45) is 0 Å². The smallest absolute Gasteiger partial charge is 0.333 e. The van der Waals surface area contributed by atoms with Gasteiger partial charge in [-0.3, -0.25) is 0 Å². The normalized spacial score (nSPS) is 12.1. The number of benzene rings is 2. The number of fused-ring (bicyclic) bond motifs is 1. The molecule has 1 aromatic heterocycles. The molecule has 2 aromatic carbocycles. The molecule has 0 radical (unpaired) electrons. The van der Waals surface area contributed by atoms with Crippen molar-refractivity contribution >= 4 is 17.0 Å². The fourth-order valence-electron chi connectivity index (χ4n) is 2.97. The summed E-state index contributed by atoms with van der Waals surface area (Å²) in [7, 11) is 0. The minimum Gasteiger partial charge on any atom is -0.506 e. The van der Waals surface area contributed by atoms with Crippen LogP contribution in [0.2, 0.25) is 0 Å². The number of unbranched alkanes of at least 4 members (excludes halogenated alkanes) is 1. The zero-order valence-corrected chi connectivity index (χ0v) is 16.3. The number of hydrogen-bond donors (Lipinski definition) is 1. The third kappa shape index (κ3) is 4.57. The number of esters is 1. The second kappa shape index (κ2) is 8.69. The number of carbonyl (C=O) groups is 1. The molecule has 3 aromatic rings. The van der Waals surface area contributed by atoms with Crippen LogP contribution in [0.5, 0.6) is 5.75 Å². The van der Waals surface area contributed by atoms with Crippen LogP contribution in [-0.2, 0) is 16.0 Å². The van der Waals surface area contributed by atoms with E-state index < -0.39 is 0 Å². The number of rotatable bonds is 8. The summed E-state index contributed by atoms with van der Waals surface area (Å²) in [5, 5.41) is 19.2. The molecule has 0 fully saturated rings. The van der Waals surface area contributed by atoms with Crippen LogP contribution in [-0.4, -0.2) is 32.2 Å². The SMILES string of the molecule is C=C(C)C(=O)OC(CCCC)Cc1ccc(O)c(-n2nc3ccccc3n2)c1. The monoisotopic (exact) mass is 379 g/mol. The van der Waals surface area contributed by atoms with Gasteiger partial charge in [0.2, 0.25) is 0 Å². The van der Waals surface area contributed by atoms with Crippen LogP contribution in [0, 0.1) is 0 Å². The van der Waals surface area contributed by atoms with Crippen LogP contribution >= 0.6 is 0 Å². The van der Waals surface area contributed by atoms with Crippen LogP contribution in [0.1, 0.15) is 38.7 Å². The summed E-state index contributed by atoms with van der Waals surface area (Å²) in [6.45, 7) is 7.40. The van der Waals surface area contributed by atoms with Crippen molar-refractivity contribution in [3.05, 3.63) is 60.2 Å². The standard InChI is InChI=1S/C22H25N3O3/c1-4-5-8-17(28-22(27)15(2)3)13-16-11-12-21(26)20(14-16)25-23-18-9-6-7-10-19(18)24-25/h6-7,9-12,14,17,26H,2,4-5,8,13H2,1,3H3. The first kappa shape index (κ1) is 19.6. The Morgan fingerprint density at radius 2 is 1.89 bits per heavy atom. The molecular formula is C22H25N3O3. The van der Waals surface area contributed by atoms with Gasteiger partial charge in [0.15, 0.2) is 0 Å². The molecule has 1 atom stereocenters. The predicted octanol–water partition coefficient (Wildman–Crippen LogP) is 4.35. The second-order valence-electron chi connectivity index (χ2n) is 6.96. The van der Waals surface area contributed by atoms with E-state index in [-0.39, 0.29) is 17.8 Å². The van der Waals surface area contributed by atoms with Gasteiger partial charge in [-0.1, -0.05) is 44.5 Å². The van der Waals surface area contributed by atoms with Gasteiger partial charge in [0, 0.05) is 12.0 Å². The average Bonchev–Trinajstić information content (AvgIpc) is 3.11. The number of phenolic OH excluding ortho intramolecular Hbond substituents is 1. The van der Waals surface area contributed by atoms with Crippen molar-refractivity contribution in [3.63, 3.8) is 0 Å². The number of nitrogens with zero attached hydrogens (tertiary/aromatic N) is 3. The molecular weight excluding hydrogens is 354 g/mol. The van der Waals surface area contributed by atoms with E-state index in [2.05, 4.69) is 23.7 Å². The lowest BCUT2D eigenvalue weighted by molar-refractivity contribution is -0.144. The van der Waals surface area contributed by atoms with Gasteiger partial charge in [-0.25, -0.2) is 4.79 Å². The Bertz CT molecular complexity index is 961. The molecule has 0 aliphatic carbocycles. The molecule has 28 heavy (non-hydrogen) atoms. The van der Waals surface area contributed by atoms with Crippen LogP contribution in [0.4, 0.5) is 0 Å². The highest BCUT2D eigenvalue weighted by atomic mass is 16.5. The Hall–Kier alpha value is -3.15. The minimum atomic E-state index is -0.375. The summed E-state index contributed by atoms with van der Waals surface area (Å²) in [5.74, 6) is -0.284. The van der Waals surface area contributed by atoms with E-state index in [4.69, 9.17) is 4.74 Å². The Morgan fingerprint density at radius 1 is 1.21 bits per heavy atom. The van der Waals surface area contributed by atoms with Crippen molar-refractivity contribution in [1.82, 2.24) is 15.0 Å². The zero-order valence-electron chi connectivity index (χ0n) is 16.3. The number of phenols is 1. The molecule has 0 saturated heterocycles. The van der Waals surface area contributed by atoms with E-state index in [1.165, 1.54) is 4.80 Å².